The van der Waals surface area contributed by atoms with Crippen molar-refractivity contribution in [2.45, 2.75) is 19.9 Å². The van der Waals surface area contributed by atoms with Crippen molar-refractivity contribution in [1.29, 1.82) is 0 Å². The molecule has 20 heavy (non-hydrogen) atoms. The molecule has 5 heteroatoms. The van der Waals surface area contributed by atoms with Gasteiger partial charge in [0.25, 0.3) is 5.91 Å². The summed E-state index contributed by atoms with van der Waals surface area (Å²) in [6, 6.07) is 9.54. The largest absolute Gasteiger partial charge is 0.497 e. The number of carbonyl (C=O) groups is 1. The van der Waals surface area contributed by atoms with E-state index in [-0.39, 0.29) is 11.9 Å². The SMILES string of the molecule is COc1ccc(-c2cc(C(=O)NC(C)C)nn2C)cc1. The van der Waals surface area contributed by atoms with Crippen molar-refractivity contribution in [3.05, 3.63) is 36.0 Å². The van der Waals surface area contributed by atoms with Gasteiger partial charge in [0.2, 0.25) is 0 Å². The Kier molecular flexibility index (Phi) is 4.08. The highest BCUT2D eigenvalue weighted by molar-refractivity contribution is 5.93. The third-order valence-electron chi connectivity index (χ3n) is 2.92. The van der Waals surface area contributed by atoms with E-state index < -0.39 is 0 Å². The highest BCUT2D eigenvalue weighted by atomic mass is 16.5. The Morgan fingerprint density at radius 3 is 2.50 bits per heavy atom. The molecule has 1 N–H and O–H groups in total. The lowest BCUT2D eigenvalue weighted by molar-refractivity contribution is 0.0937. The lowest BCUT2D eigenvalue weighted by atomic mass is 10.1. The second kappa shape index (κ2) is 5.77. The van der Waals surface area contributed by atoms with Crippen LogP contribution in [0.5, 0.6) is 5.75 Å². The molecule has 0 bridgehead atoms. The Morgan fingerprint density at radius 2 is 1.95 bits per heavy atom. The first-order chi connectivity index (χ1) is 9.51. The Hall–Kier alpha value is -2.30. The van der Waals surface area contributed by atoms with Crippen molar-refractivity contribution >= 4 is 5.91 Å². The van der Waals surface area contributed by atoms with Crippen LogP contribution < -0.4 is 10.1 Å². The summed E-state index contributed by atoms with van der Waals surface area (Å²) < 4.78 is 6.84. The zero-order valence-electron chi connectivity index (χ0n) is 12.2. The van der Waals surface area contributed by atoms with Gasteiger partial charge in [-0.2, -0.15) is 5.10 Å². The molecule has 1 heterocycles. The van der Waals surface area contributed by atoms with Crippen molar-refractivity contribution in [2.24, 2.45) is 7.05 Å². The number of aryl methyl sites for hydroxylation is 1. The number of carbonyl (C=O) groups excluding carboxylic acids is 1. The normalized spacial score (nSPS) is 10.7. The molecule has 0 atom stereocenters. The van der Waals surface area contributed by atoms with Crippen molar-refractivity contribution in [3.63, 3.8) is 0 Å². The predicted octanol–water partition coefficient (Wildman–Crippen LogP) is 2.23. The molecule has 0 aliphatic carbocycles. The maximum Gasteiger partial charge on any atom is 0.271 e. The fourth-order valence-electron chi connectivity index (χ4n) is 1.95. The Morgan fingerprint density at radius 1 is 1.30 bits per heavy atom. The molecule has 0 unspecified atom stereocenters. The molecule has 5 nitrogen and oxygen atoms in total. The summed E-state index contributed by atoms with van der Waals surface area (Å²) in [6.45, 7) is 3.84. The van der Waals surface area contributed by atoms with Gasteiger partial charge in [0.1, 0.15) is 5.75 Å². The molecule has 1 amide bonds. The van der Waals surface area contributed by atoms with Crippen molar-refractivity contribution in [3.8, 4) is 17.0 Å². The van der Waals surface area contributed by atoms with Gasteiger partial charge in [-0.15, -0.1) is 0 Å². The molecular formula is C15H19N3O2. The second-order valence-corrected chi connectivity index (χ2v) is 4.90. The third kappa shape index (κ3) is 2.99. The van der Waals surface area contributed by atoms with E-state index in [1.165, 1.54) is 0 Å². The van der Waals surface area contributed by atoms with Crippen LogP contribution in [0.2, 0.25) is 0 Å². The van der Waals surface area contributed by atoms with Gasteiger partial charge in [0.15, 0.2) is 5.69 Å². The van der Waals surface area contributed by atoms with Gasteiger partial charge in [-0.05, 0) is 44.2 Å². The molecule has 0 spiro atoms. The molecule has 0 saturated carbocycles. The van der Waals surface area contributed by atoms with Crippen LogP contribution in [0.1, 0.15) is 24.3 Å². The average Bonchev–Trinajstić information content (AvgIpc) is 2.80. The number of nitrogens with zero attached hydrogens (tertiary/aromatic N) is 2. The van der Waals surface area contributed by atoms with Gasteiger partial charge in [-0.3, -0.25) is 9.48 Å². The van der Waals surface area contributed by atoms with Crippen LogP contribution in [0.25, 0.3) is 11.3 Å². The van der Waals surface area contributed by atoms with Gasteiger partial charge in [0, 0.05) is 18.7 Å². The fourth-order valence-corrected chi connectivity index (χ4v) is 1.95. The lowest BCUT2D eigenvalue weighted by Crippen LogP contribution is -2.30. The van der Waals surface area contributed by atoms with Crippen molar-refractivity contribution in [1.82, 2.24) is 15.1 Å². The van der Waals surface area contributed by atoms with Crippen LogP contribution >= 0.6 is 0 Å². The summed E-state index contributed by atoms with van der Waals surface area (Å²) in [5.74, 6) is 0.643. The summed E-state index contributed by atoms with van der Waals surface area (Å²) in [4.78, 5) is 11.9. The molecule has 2 rings (SSSR count). The maximum atomic E-state index is 11.9. The fraction of sp³-hybridized carbons (Fsp3) is 0.333. The van der Waals surface area contributed by atoms with Crippen LogP contribution in [-0.2, 0) is 7.05 Å². The average molecular weight is 273 g/mol. The molecule has 0 fully saturated rings. The molecule has 0 aliphatic heterocycles. The Balaban J connectivity index is 2.28. The monoisotopic (exact) mass is 273 g/mol. The van der Waals surface area contributed by atoms with E-state index in [1.807, 2.05) is 45.2 Å². The van der Waals surface area contributed by atoms with Crippen LogP contribution in [-0.4, -0.2) is 28.8 Å². The number of amides is 1. The standard InChI is InChI=1S/C15H19N3O2/c1-10(2)16-15(19)13-9-14(18(3)17-13)11-5-7-12(20-4)8-6-11/h5-10H,1-4H3,(H,16,19). The van der Waals surface area contributed by atoms with Crippen molar-refractivity contribution in [2.75, 3.05) is 7.11 Å². The molecule has 1 aromatic heterocycles. The van der Waals surface area contributed by atoms with E-state index in [0.29, 0.717) is 5.69 Å². The molecule has 0 saturated heterocycles. The minimum atomic E-state index is -0.157. The molecule has 1 aromatic carbocycles. The van der Waals surface area contributed by atoms with Crippen LogP contribution in [0.4, 0.5) is 0 Å². The summed E-state index contributed by atoms with van der Waals surface area (Å²) in [5, 5.41) is 7.09. The summed E-state index contributed by atoms with van der Waals surface area (Å²) >= 11 is 0. The molecule has 0 radical (unpaired) electrons. The first-order valence-electron chi connectivity index (χ1n) is 6.50. The Bertz CT molecular complexity index is 600. The maximum absolute atomic E-state index is 11.9. The number of aromatic nitrogens is 2. The molecule has 0 aliphatic rings. The van der Waals surface area contributed by atoms with Crippen LogP contribution in [0, 0.1) is 0 Å². The number of hydrogen-bond donors (Lipinski definition) is 1. The minimum Gasteiger partial charge on any atom is -0.497 e. The molecule has 106 valence electrons. The van der Waals surface area contributed by atoms with Crippen molar-refractivity contribution < 1.29 is 9.53 Å². The topological polar surface area (TPSA) is 56.1 Å². The Labute approximate surface area is 118 Å². The number of methoxy groups -OCH3 is 1. The highest BCUT2D eigenvalue weighted by Gasteiger charge is 2.14. The van der Waals surface area contributed by atoms with Gasteiger partial charge in [0.05, 0.1) is 12.8 Å². The predicted molar refractivity (Wildman–Crippen MR) is 77.8 cm³/mol. The third-order valence-corrected chi connectivity index (χ3v) is 2.92. The number of rotatable bonds is 4. The number of benzene rings is 1. The van der Waals surface area contributed by atoms with Gasteiger partial charge >= 0.3 is 0 Å². The first-order valence-corrected chi connectivity index (χ1v) is 6.50. The van der Waals surface area contributed by atoms with Crippen LogP contribution in [0.15, 0.2) is 30.3 Å². The van der Waals surface area contributed by atoms with E-state index >= 15 is 0 Å². The van der Waals surface area contributed by atoms with E-state index in [1.54, 1.807) is 17.9 Å². The quantitative estimate of drug-likeness (QED) is 0.929. The zero-order valence-corrected chi connectivity index (χ0v) is 12.2. The summed E-state index contributed by atoms with van der Waals surface area (Å²) in [6.07, 6.45) is 0. The number of nitrogens with one attached hydrogen (secondary N) is 1. The first kappa shape index (κ1) is 14.1. The van der Waals surface area contributed by atoms with Gasteiger partial charge in [-0.1, -0.05) is 0 Å². The van der Waals surface area contributed by atoms with E-state index in [4.69, 9.17) is 4.74 Å². The van der Waals surface area contributed by atoms with E-state index in [9.17, 15) is 4.79 Å². The van der Waals surface area contributed by atoms with Gasteiger partial charge < -0.3 is 10.1 Å². The minimum absolute atomic E-state index is 0.0916. The highest BCUT2D eigenvalue weighted by Crippen LogP contribution is 2.22. The summed E-state index contributed by atoms with van der Waals surface area (Å²) in [7, 11) is 3.46. The summed E-state index contributed by atoms with van der Waals surface area (Å²) in [5.41, 5.74) is 2.30. The second-order valence-electron chi connectivity index (χ2n) is 4.90. The van der Waals surface area contributed by atoms with Gasteiger partial charge in [-0.25, -0.2) is 0 Å². The molecule has 2 aromatic rings. The molecular weight excluding hydrogens is 254 g/mol. The zero-order chi connectivity index (χ0) is 14.7. The number of ether oxygens (including phenoxy) is 1. The van der Waals surface area contributed by atoms with E-state index in [0.717, 1.165) is 17.0 Å². The lowest BCUT2D eigenvalue weighted by Gasteiger charge is -2.04. The van der Waals surface area contributed by atoms with Crippen LogP contribution in [0.3, 0.4) is 0 Å². The number of hydrogen-bond acceptors (Lipinski definition) is 3. The smallest absolute Gasteiger partial charge is 0.271 e. The van der Waals surface area contributed by atoms with E-state index in [2.05, 4.69) is 10.4 Å².